The zero-order valence-electron chi connectivity index (χ0n) is 8.30. The lowest BCUT2D eigenvalue weighted by Gasteiger charge is -2.23. The summed E-state index contributed by atoms with van der Waals surface area (Å²) in [5, 5.41) is 1.06. The quantitative estimate of drug-likeness (QED) is 0.699. The molecule has 0 spiro atoms. The van der Waals surface area contributed by atoms with Crippen LogP contribution in [0.4, 0.5) is 0 Å². The lowest BCUT2D eigenvalue weighted by Crippen LogP contribution is -2.23. The Bertz CT molecular complexity index is 124. The Hall–Kier alpha value is 0.400. The minimum atomic E-state index is 0.0799. The maximum Gasteiger partial charge on any atom is 0.157 e. The van der Waals surface area contributed by atoms with Gasteiger partial charge in [0.05, 0.1) is 6.61 Å². The van der Waals surface area contributed by atoms with E-state index in [9.17, 15) is 0 Å². The van der Waals surface area contributed by atoms with Gasteiger partial charge in [-0.1, -0.05) is 22.9 Å². The van der Waals surface area contributed by atoms with Gasteiger partial charge in [0.2, 0.25) is 0 Å². The average Bonchev–Trinajstić information content (AvgIpc) is 2.19. The highest BCUT2D eigenvalue weighted by atomic mass is 79.9. The summed E-state index contributed by atoms with van der Waals surface area (Å²) in [4.78, 5) is 0. The van der Waals surface area contributed by atoms with Gasteiger partial charge in [-0.05, 0) is 31.6 Å². The molecule has 0 aromatic heterocycles. The van der Waals surface area contributed by atoms with E-state index in [0.717, 1.165) is 31.4 Å². The van der Waals surface area contributed by atoms with Crippen molar-refractivity contribution in [2.75, 3.05) is 18.5 Å². The molecule has 2 unspecified atom stereocenters. The summed E-state index contributed by atoms with van der Waals surface area (Å²) in [6.07, 6.45) is 4.71. The molecule has 2 nitrogen and oxygen atoms in total. The summed E-state index contributed by atoms with van der Waals surface area (Å²) < 4.78 is 11.1. The molecule has 1 rings (SSSR count). The second kappa shape index (κ2) is 6.80. The van der Waals surface area contributed by atoms with Crippen molar-refractivity contribution in [2.45, 2.75) is 38.9 Å². The van der Waals surface area contributed by atoms with E-state index in [1.165, 1.54) is 12.8 Å². The topological polar surface area (TPSA) is 18.5 Å². The largest absolute Gasteiger partial charge is 0.353 e. The van der Waals surface area contributed by atoms with Crippen molar-refractivity contribution in [1.29, 1.82) is 0 Å². The molecule has 0 aromatic rings. The van der Waals surface area contributed by atoms with Crippen LogP contribution in [0.15, 0.2) is 0 Å². The maximum atomic E-state index is 5.61. The van der Waals surface area contributed by atoms with Gasteiger partial charge < -0.3 is 9.47 Å². The Morgan fingerprint density at radius 2 is 2.38 bits per heavy atom. The molecule has 0 saturated carbocycles. The van der Waals surface area contributed by atoms with E-state index in [4.69, 9.17) is 9.47 Å². The van der Waals surface area contributed by atoms with Crippen LogP contribution in [0.3, 0.4) is 0 Å². The Morgan fingerprint density at radius 3 is 3.00 bits per heavy atom. The third kappa shape index (κ3) is 4.99. The second-order valence-electron chi connectivity index (χ2n) is 3.72. The Kier molecular flexibility index (Phi) is 6.00. The summed E-state index contributed by atoms with van der Waals surface area (Å²) in [5.74, 6) is 0.698. The number of alkyl halides is 1. The van der Waals surface area contributed by atoms with Gasteiger partial charge in [0.15, 0.2) is 6.29 Å². The summed E-state index contributed by atoms with van der Waals surface area (Å²) in [5.41, 5.74) is 0. The van der Waals surface area contributed by atoms with Crippen LogP contribution in [0.5, 0.6) is 0 Å². The SMILES string of the molecule is CC(CBr)CCOC1CCCCO1. The predicted molar refractivity (Wildman–Crippen MR) is 57.1 cm³/mol. The summed E-state index contributed by atoms with van der Waals surface area (Å²) in [7, 11) is 0. The van der Waals surface area contributed by atoms with Gasteiger partial charge in [-0.2, -0.15) is 0 Å². The monoisotopic (exact) mass is 250 g/mol. The Morgan fingerprint density at radius 1 is 1.54 bits per heavy atom. The van der Waals surface area contributed by atoms with E-state index < -0.39 is 0 Å². The van der Waals surface area contributed by atoms with Crippen LogP contribution in [0.1, 0.15) is 32.6 Å². The van der Waals surface area contributed by atoms with Crippen LogP contribution in [-0.4, -0.2) is 24.8 Å². The fourth-order valence-corrected chi connectivity index (χ4v) is 1.64. The molecule has 1 saturated heterocycles. The van der Waals surface area contributed by atoms with Crippen molar-refractivity contribution < 1.29 is 9.47 Å². The first-order valence-electron chi connectivity index (χ1n) is 5.12. The van der Waals surface area contributed by atoms with Crippen LogP contribution in [0, 0.1) is 5.92 Å². The van der Waals surface area contributed by atoms with Crippen molar-refractivity contribution in [3.8, 4) is 0 Å². The molecular formula is C10H19BrO2. The molecule has 13 heavy (non-hydrogen) atoms. The maximum absolute atomic E-state index is 5.61. The molecule has 1 aliphatic heterocycles. The minimum absolute atomic E-state index is 0.0799. The van der Waals surface area contributed by atoms with Gasteiger partial charge >= 0.3 is 0 Å². The molecule has 0 radical (unpaired) electrons. The third-order valence-corrected chi connectivity index (χ3v) is 3.42. The van der Waals surface area contributed by atoms with E-state index in [2.05, 4.69) is 22.9 Å². The van der Waals surface area contributed by atoms with Crippen molar-refractivity contribution in [1.82, 2.24) is 0 Å². The molecule has 0 amide bonds. The van der Waals surface area contributed by atoms with Crippen LogP contribution in [0.2, 0.25) is 0 Å². The zero-order chi connectivity index (χ0) is 9.52. The van der Waals surface area contributed by atoms with Gasteiger partial charge in [0.1, 0.15) is 0 Å². The second-order valence-corrected chi connectivity index (χ2v) is 4.36. The van der Waals surface area contributed by atoms with Gasteiger partial charge in [-0.3, -0.25) is 0 Å². The van der Waals surface area contributed by atoms with E-state index in [1.54, 1.807) is 0 Å². The third-order valence-electron chi connectivity index (χ3n) is 2.32. The number of rotatable bonds is 5. The minimum Gasteiger partial charge on any atom is -0.353 e. The molecule has 0 bridgehead atoms. The highest BCUT2D eigenvalue weighted by molar-refractivity contribution is 9.09. The number of halogens is 1. The highest BCUT2D eigenvalue weighted by Gasteiger charge is 2.13. The molecule has 0 aliphatic carbocycles. The smallest absolute Gasteiger partial charge is 0.157 e. The average molecular weight is 251 g/mol. The van der Waals surface area contributed by atoms with Crippen molar-refractivity contribution >= 4 is 15.9 Å². The van der Waals surface area contributed by atoms with Crippen molar-refractivity contribution in [2.24, 2.45) is 5.92 Å². The molecule has 3 heteroatoms. The van der Waals surface area contributed by atoms with Crippen molar-refractivity contribution in [3.05, 3.63) is 0 Å². The lowest BCUT2D eigenvalue weighted by atomic mass is 10.1. The first kappa shape index (κ1) is 11.5. The fourth-order valence-electron chi connectivity index (χ4n) is 1.32. The van der Waals surface area contributed by atoms with E-state index >= 15 is 0 Å². The number of ether oxygens (including phenoxy) is 2. The Balaban J connectivity index is 1.98. The molecule has 1 fully saturated rings. The summed E-state index contributed by atoms with van der Waals surface area (Å²) in [6.45, 7) is 3.93. The highest BCUT2D eigenvalue weighted by Crippen LogP contribution is 2.15. The van der Waals surface area contributed by atoms with Gasteiger partial charge in [0.25, 0.3) is 0 Å². The lowest BCUT2D eigenvalue weighted by molar-refractivity contribution is -0.163. The molecule has 0 aromatic carbocycles. The normalized spacial score (nSPS) is 25.8. The number of hydrogen-bond donors (Lipinski definition) is 0. The standard InChI is InChI=1S/C10H19BrO2/c1-9(8-11)5-7-13-10-4-2-3-6-12-10/h9-10H,2-8H2,1H3. The van der Waals surface area contributed by atoms with Crippen LogP contribution in [-0.2, 0) is 9.47 Å². The van der Waals surface area contributed by atoms with Crippen LogP contribution >= 0.6 is 15.9 Å². The van der Waals surface area contributed by atoms with Gasteiger partial charge in [-0.15, -0.1) is 0 Å². The fraction of sp³-hybridized carbons (Fsp3) is 1.00. The van der Waals surface area contributed by atoms with Crippen molar-refractivity contribution in [3.63, 3.8) is 0 Å². The molecule has 1 heterocycles. The van der Waals surface area contributed by atoms with Gasteiger partial charge in [0, 0.05) is 11.9 Å². The zero-order valence-corrected chi connectivity index (χ0v) is 9.88. The number of hydrogen-bond acceptors (Lipinski definition) is 2. The van der Waals surface area contributed by atoms with Crippen LogP contribution < -0.4 is 0 Å². The van der Waals surface area contributed by atoms with E-state index in [-0.39, 0.29) is 6.29 Å². The molecular weight excluding hydrogens is 232 g/mol. The first-order valence-corrected chi connectivity index (χ1v) is 6.24. The molecule has 0 N–H and O–H groups in total. The van der Waals surface area contributed by atoms with E-state index in [0.29, 0.717) is 5.92 Å². The molecule has 2 atom stereocenters. The summed E-state index contributed by atoms with van der Waals surface area (Å²) in [6, 6.07) is 0. The molecule has 1 aliphatic rings. The van der Waals surface area contributed by atoms with Gasteiger partial charge in [-0.25, -0.2) is 0 Å². The Labute approximate surface area is 89.1 Å². The predicted octanol–water partition coefficient (Wildman–Crippen LogP) is 2.95. The summed E-state index contributed by atoms with van der Waals surface area (Å²) >= 11 is 3.45. The van der Waals surface area contributed by atoms with Crippen LogP contribution in [0.25, 0.3) is 0 Å². The first-order chi connectivity index (χ1) is 6.33. The molecule has 78 valence electrons. The van der Waals surface area contributed by atoms with E-state index in [1.807, 2.05) is 0 Å².